The van der Waals surface area contributed by atoms with E-state index < -0.39 is 0 Å². The van der Waals surface area contributed by atoms with Gasteiger partial charge in [-0.15, -0.1) is 0 Å². The van der Waals surface area contributed by atoms with E-state index in [1.54, 1.807) is 6.07 Å². The molecule has 3 heterocycles. The summed E-state index contributed by atoms with van der Waals surface area (Å²) >= 11 is 0. The van der Waals surface area contributed by atoms with E-state index >= 15 is 0 Å². The first-order chi connectivity index (χ1) is 11.2. The van der Waals surface area contributed by atoms with Crippen molar-refractivity contribution in [2.75, 3.05) is 6.79 Å². The number of pyridine rings is 1. The Morgan fingerprint density at radius 1 is 1.22 bits per heavy atom. The Bertz CT molecular complexity index is 907. The highest BCUT2D eigenvalue weighted by atomic mass is 19.1. The van der Waals surface area contributed by atoms with Crippen molar-refractivity contribution in [3.63, 3.8) is 0 Å². The summed E-state index contributed by atoms with van der Waals surface area (Å²) in [5.41, 5.74) is 1.63. The van der Waals surface area contributed by atoms with Crippen LogP contribution in [-0.2, 0) is 6.54 Å². The van der Waals surface area contributed by atoms with Gasteiger partial charge in [-0.05, 0) is 29.8 Å². The molecule has 1 amide bonds. The van der Waals surface area contributed by atoms with E-state index in [0.717, 1.165) is 5.56 Å². The van der Waals surface area contributed by atoms with E-state index in [1.807, 2.05) is 12.1 Å². The number of nitrogens with zero attached hydrogens (tertiary/aromatic N) is 2. The fourth-order valence-corrected chi connectivity index (χ4v) is 2.40. The molecule has 116 valence electrons. The highest BCUT2D eigenvalue weighted by Gasteiger charge is 2.14. The minimum atomic E-state index is -0.387. The number of halogens is 1. The summed E-state index contributed by atoms with van der Waals surface area (Å²) in [6, 6.07) is 8.30. The molecule has 0 unspecified atom stereocenters. The number of rotatable bonds is 3. The zero-order valence-corrected chi connectivity index (χ0v) is 12.0. The van der Waals surface area contributed by atoms with Crippen LogP contribution >= 0.6 is 0 Å². The Morgan fingerprint density at radius 2 is 2.09 bits per heavy atom. The van der Waals surface area contributed by atoms with Crippen molar-refractivity contribution >= 4 is 11.6 Å². The summed E-state index contributed by atoms with van der Waals surface area (Å²) in [6.45, 7) is 0.542. The number of nitrogens with one attached hydrogen (secondary N) is 1. The van der Waals surface area contributed by atoms with Crippen LogP contribution in [0, 0.1) is 5.82 Å². The van der Waals surface area contributed by atoms with Gasteiger partial charge in [0.05, 0.1) is 0 Å². The molecule has 0 spiro atoms. The molecule has 0 aliphatic carbocycles. The van der Waals surface area contributed by atoms with Gasteiger partial charge in [-0.25, -0.2) is 9.37 Å². The Labute approximate surface area is 130 Å². The first-order valence-electron chi connectivity index (χ1n) is 7.00. The first kappa shape index (κ1) is 13.6. The molecule has 6 nitrogen and oxygen atoms in total. The van der Waals surface area contributed by atoms with Crippen molar-refractivity contribution in [1.29, 1.82) is 0 Å². The van der Waals surface area contributed by atoms with Gasteiger partial charge in [0.15, 0.2) is 11.5 Å². The molecule has 7 heteroatoms. The summed E-state index contributed by atoms with van der Waals surface area (Å²) in [6.07, 6.45) is 2.77. The van der Waals surface area contributed by atoms with Gasteiger partial charge < -0.3 is 19.2 Å². The second-order valence-electron chi connectivity index (χ2n) is 5.11. The fraction of sp³-hybridized carbons (Fsp3) is 0.125. The molecule has 0 radical (unpaired) electrons. The standard InChI is InChI=1S/C16H12FN3O3/c17-11-2-4-15-19-12(8-20(15)7-11)16(21)18-6-10-1-3-13-14(5-10)23-9-22-13/h1-5,7-8H,6,9H2,(H,18,21). The molecule has 1 aliphatic rings. The van der Waals surface area contributed by atoms with Gasteiger partial charge in [0, 0.05) is 18.9 Å². The van der Waals surface area contributed by atoms with Crippen LogP contribution in [-0.4, -0.2) is 22.1 Å². The van der Waals surface area contributed by atoms with Crippen LogP contribution < -0.4 is 14.8 Å². The summed E-state index contributed by atoms with van der Waals surface area (Å²) < 4.78 is 25.2. The zero-order valence-electron chi connectivity index (χ0n) is 12.0. The van der Waals surface area contributed by atoms with Gasteiger partial charge in [-0.2, -0.15) is 0 Å². The van der Waals surface area contributed by atoms with Crippen molar-refractivity contribution in [3.05, 3.63) is 59.8 Å². The fourth-order valence-electron chi connectivity index (χ4n) is 2.40. The summed E-state index contributed by atoms with van der Waals surface area (Å²) in [5, 5.41) is 2.78. The van der Waals surface area contributed by atoms with Crippen LogP contribution in [0.15, 0.2) is 42.7 Å². The maximum absolute atomic E-state index is 13.2. The Kier molecular flexibility index (Phi) is 3.11. The summed E-state index contributed by atoms with van der Waals surface area (Å²) in [5.74, 6) is 0.649. The number of imidazole rings is 1. The molecule has 23 heavy (non-hydrogen) atoms. The van der Waals surface area contributed by atoms with Crippen LogP contribution in [0.3, 0.4) is 0 Å². The predicted molar refractivity (Wildman–Crippen MR) is 78.9 cm³/mol. The van der Waals surface area contributed by atoms with Crippen molar-refractivity contribution < 1.29 is 18.7 Å². The maximum atomic E-state index is 13.2. The van der Waals surface area contributed by atoms with E-state index in [-0.39, 0.29) is 24.2 Å². The average Bonchev–Trinajstić information content (AvgIpc) is 3.17. The van der Waals surface area contributed by atoms with Crippen LogP contribution in [0.4, 0.5) is 4.39 Å². The van der Waals surface area contributed by atoms with Gasteiger partial charge >= 0.3 is 0 Å². The lowest BCUT2D eigenvalue weighted by Crippen LogP contribution is -2.23. The molecular weight excluding hydrogens is 301 g/mol. The molecule has 0 bridgehead atoms. The number of fused-ring (bicyclic) bond motifs is 2. The predicted octanol–water partition coefficient (Wildman–Crippen LogP) is 2.13. The highest BCUT2D eigenvalue weighted by Crippen LogP contribution is 2.32. The van der Waals surface area contributed by atoms with Crippen LogP contribution in [0.1, 0.15) is 16.1 Å². The van der Waals surface area contributed by atoms with E-state index in [9.17, 15) is 9.18 Å². The lowest BCUT2D eigenvalue weighted by atomic mass is 10.2. The third-order valence-corrected chi connectivity index (χ3v) is 3.54. The minimum Gasteiger partial charge on any atom is -0.454 e. The number of aromatic nitrogens is 2. The maximum Gasteiger partial charge on any atom is 0.271 e. The molecule has 0 saturated carbocycles. The molecule has 0 atom stereocenters. The van der Waals surface area contributed by atoms with Crippen LogP contribution in [0.5, 0.6) is 11.5 Å². The van der Waals surface area contributed by atoms with Gasteiger partial charge in [0.1, 0.15) is 17.2 Å². The normalized spacial score (nSPS) is 12.6. The third-order valence-electron chi connectivity index (χ3n) is 3.54. The number of benzene rings is 1. The van der Waals surface area contributed by atoms with E-state index in [1.165, 1.54) is 28.9 Å². The molecule has 1 aromatic carbocycles. The topological polar surface area (TPSA) is 64.9 Å². The SMILES string of the molecule is O=C(NCc1ccc2c(c1)OCO2)c1cn2cc(F)ccc2n1. The largest absolute Gasteiger partial charge is 0.454 e. The van der Waals surface area contributed by atoms with Crippen molar-refractivity contribution in [2.45, 2.75) is 6.54 Å². The molecule has 1 N–H and O–H groups in total. The monoisotopic (exact) mass is 313 g/mol. The Morgan fingerprint density at radius 3 is 3.00 bits per heavy atom. The molecule has 0 fully saturated rings. The Hall–Kier alpha value is -3.09. The lowest BCUT2D eigenvalue weighted by Gasteiger charge is -2.04. The van der Waals surface area contributed by atoms with Crippen LogP contribution in [0.2, 0.25) is 0 Å². The zero-order chi connectivity index (χ0) is 15.8. The van der Waals surface area contributed by atoms with Crippen LogP contribution in [0.25, 0.3) is 5.65 Å². The van der Waals surface area contributed by atoms with E-state index in [0.29, 0.717) is 23.7 Å². The number of hydrogen-bond donors (Lipinski definition) is 1. The quantitative estimate of drug-likeness (QED) is 0.804. The lowest BCUT2D eigenvalue weighted by molar-refractivity contribution is 0.0946. The molecular formula is C16H12FN3O3. The van der Waals surface area contributed by atoms with E-state index in [2.05, 4.69) is 10.3 Å². The summed E-state index contributed by atoms with van der Waals surface area (Å²) in [4.78, 5) is 16.3. The summed E-state index contributed by atoms with van der Waals surface area (Å²) in [7, 11) is 0. The number of amides is 1. The second kappa shape index (κ2) is 5.28. The van der Waals surface area contributed by atoms with Crippen molar-refractivity contribution in [1.82, 2.24) is 14.7 Å². The number of carbonyl (C=O) groups is 1. The highest BCUT2D eigenvalue weighted by molar-refractivity contribution is 5.92. The Balaban J connectivity index is 1.48. The van der Waals surface area contributed by atoms with Crippen molar-refractivity contribution in [2.24, 2.45) is 0 Å². The smallest absolute Gasteiger partial charge is 0.271 e. The van der Waals surface area contributed by atoms with Gasteiger partial charge in [0.25, 0.3) is 5.91 Å². The number of carbonyl (C=O) groups excluding carboxylic acids is 1. The third kappa shape index (κ3) is 2.57. The number of ether oxygens (including phenoxy) is 2. The molecule has 0 saturated heterocycles. The van der Waals surface area contributed by atoms with Gasteiger partial charge in [0.2, 0.25) is 6.79 Å². The molecule has 1 aliphatic heterocycles. The molecule has 3 aromatic rings. The van der Waals surface area contributed by atoms with Gasteiger partial charge in [-0.3, -0.25) is 4.79 Å². The molecule has 4 rings (SSSR count). The van der Waals surface area contributed by atoms with E-state index in [4.69, 9.17) is 9.47 Å². The minimum absolute atomic E-state index is 0.211. The average molecular weight is 313 g/mol. The van der Waals surface area contributed by atoms with Gasteiger partial charge in [-0.1, -0.05) is 6.07 Å². The molecule has 2 aromatic heterocycles. The van der Waals surface area contributed by atoms with Crippen molar-refractivity contribution in [3.8, 4) is 11.5 Å². The number of hydrogen-bond acceptors (Lipinski definition) is 4. The first-order valence-corrected chi connectivity index (χ1v) is 7.00. The second-order valence-corrected chi connectivity index (χ2v) is 5.11.